The maximum Gasteiger partial charge on any atom is 0.278 e. The van der Waals surface area contributed by atoms with Crippen molar-refractivity contribution in [1.29, 1.82) is 0 Å². The maximum absolute atomic E-state index is 13.2. The van der Waals surface area contributed by atoms with Crippen LogP contribution in [-0.2, 0) is 11.3 Å². The van der Waals surface area contributed by atoms with Gasteiger partial charge in [-0.1, -0.05) is 29.5 Å². The van der Waals surface area contributed by atoms with Crippen molar-refractivity contribution in [3.05, 3.63) is 69.0 Å². The SMILES string of the molecule is Cc1ccccc1Cn1nnc2ccc(C(=O)[C@H]3C(=O)CCC[C@@H]3O)c(C)c2c1=O. The molecule has 2 aromatic carbocycles. The highest BCUT2D eigenvalue weighted by atomic mass is 16.3. The molecule has 2 atom stereocenters. The largest absolute Gasteiger partial charge is 0.392 e. The zero-order valence-corrected chi connectivity index (χ0v) is 17.0. The topological polar surface area (TPSA) is 102 Å². The van der Waals surface area contributed by atoms with Crippen LogP contribution >= 0.6 is 0 Å². The number of rotatable bonds is 4. The van der Waals surface area contributed by atoms with Gasteiger partial charge in [-0.05, 0) is 55.5 Å². The predicted octanol–water partition coefficient (Wildman–Crippen LogP) is 2.37. The molecule has 1 saturated carbocycles. The molecule has 7 nitrogen and oxygen atoms in total. The van der Waals surface area contributed by atoms with Gasteiger partial charge in [0.15, 0.2) is 5.78 Å². The molecule has 30 heavy (non-hydrogen) atoms. The summed E-state index contributed by atoms with van der Waals surface area (Å²) in [5.74, 6) is -1.75. The fraction of sp³-hybridized carbons (Fsp3) is 0.348. The third kappa shape index (κ3) is 3.45. The lowest BCUT2D eigenvalue weighted by molar-refractivity contribution is -0.126. The fourth-order valence-corrected chi connectivity index (χ4v) is 4.15. The molecule has 1 aliphatic carbocycles. The van der Waals surface area contributed by atoms with Crippen LogP contribution in [0, 0.1) is 19.8 Å². The van der Waals surface area contributed by atoms with Crippen molar-refractivity contribution in [3.8, 4) is 0 Å². The van der Waals surface area contributed by atoms with Gasteiger partial charge in [0.25, 0.3) is 5.56 Å². The van der Waals surface area contributed by atoms with Gasteiger partial charge < -0.3 is 5.11 Å². The minimum atomic E-state index is -1.07. The van der Waals surface area contributed by atoms with Gasteiger partial charge in [0, 0.05) is 12.0 Å². The van der Waals surface area contributed by atoms with E-state index >= 15 is 0 Å². The molecule has 0 amide bonds. The quantitative estimate of drug-likeness (QED) is 0.528. The average molecular weight is 405 g/mol. The fourth-order valence-electron chi connectivity index (χ4n) is 4.15. The molecule has 0 radical (unpaired) electrons. The van der Waals surface area contributed by atoms with Crippen LogP contribution in [0.25, 0.3) is 10.9 Å². The summed E-state index contributed by atoms with van der Waals surface area (Å²) in [5, 5.41) is 18.7. The Morgan fingerprint density at radius 1 is 1.17 bits per heavy atom. The number of ketones is 2. The number of nitrogens with zero attached hydrogens (tertiary/aromatic N) is 3. The van der Waals surface area contributed by atoms with E-state index in [2.05, 4.69) is 10.3 Å². The lowest BCUT2D eigenvalue weighted by Crippen LogP contribution is -2.39. The van der Waals surface area contributed by atoms with Gasteiger partial charge in [0.1, 0.15) is 17.2 Å². The van der Waals surface area contributed by atoms with Crippen LogP contribution in [-0.4, -0.2) is 37.8 Å². The van der Waals surface area contributed by atoms with Crippen molar-refractivity contribution < 1.29 is 14.7 Å². The molecule has 3 aromatic rings. The first kappa shape index (κ1) is 20.1. The summed E-state index contributed by atoms with van der Waals surface area (Å²) in [6.45, 7) is 3.91. The van der Waals surface area contributed by atoms with Crippen molar-refractivity contribution in [2.45, 2.75) is 45.8 Å². The van der Waals surface area contributed by atoms with Gasteiger partial charge >= 0.3 is 0 Å². The van der Waals surface area contributed by atoms with Crippen molar-refractivity contribution >= 4 is 22.5 Å². The van der Waals surface area contributed by atoms with Crippen LogP contribution in [0.4, 0.5) is 0 Å². The van der Waals surface area contributed by atoms with Gasteiger partial charge in [-0.15, -0.1) is 5.10 Å². The Hall–Kier alpha value is -3.19. The average Bonchev–Trinajstić information content (AvgIpc) is 2.71. The summed E-state index contributed by atoms with van der Waals surface area (Å²) >= 11 is 0. The molecule has 0 unspecified atom stereocenters. The Morgan fingerprint density at radius 2 is 1.93 bits per heavy atom. The molecule has 1 aliphatic rings. The molecule has 0 bridgehead atoms. The highest BCUT2D eigenvalue weighted by Crippen LogP contribution is 2.27. The summed E-state index contributed by atoms with van der Waals surface area (Å²) in [7, 11) is 0. The number of aryl methyl sites for hydroxylation is 2. The Kier molecular flexibility index (Phi) is 5.30. The lowest BCUT2D eigenvalue weighted by atomic mass is 9.79. The van der Waals surface area contributed by atoms with Crippen molar-refractivity contribution in [3.63, 3.8) is 0 Å². The predicted molar refractivity (Wildman–Crippen MR) is 112 cm³/mol. The molecular formula is C23H23N3O4. The number of aliphatic hydroxyl groups is 1. The second kappa shape index (κ2) is 7.91. The monoisotopic (exact) mass is 405 g/mol. The third-order valence-electron chi connectivity index (χ3n) is 5.94. The van der Waals surface area contributed by atoms with Gasteiger partial charge in [0.2, 0.25) is 0 Å². The number of hydrogen-bond donors (Lipinski definition) is 1. The summed E-state index contributed by atoms with van der Waals surface area (Å²) in [6, 6.07) is 10.9. The van der Waals surface area contributed by atoms with E-state index in [-0.39, 0.29) is 29.9 Å². The number of Topliss-reactive ketones (excluding diaryl/α,β-unsaturated/α-hetero) is 2. The van der Waals surface area contributed by atoms with E-state index in [4.69, 9.17) is 0 Å². The molecule has 0 spiro atoms. The first-order valence-electron chi connectivity index (χ1n) is 10.0. The molecule has 154 valence electrons. The number of hydrogen-bond acceptors (Lipinski definition) is 6. The molecule has 1 N–H and O–H groups in total. The van der Waals surface area contributed by atoms with Crippen LogP contribution in [0.1, 0.15) is 46.3 Å². The highest BCUT2D eigenvalue weighted by molar-refractivity contribution is 6.13. The smallest absolute Gasteiger partial charge is 0.278 e. The Bertz CT molecular complexity index is 1210. The molecular weight excluding hydrogens is 382 g/mol. The van der Waals surface area contributed by atoms with Crippen LogP contribution in [0.5, 0.6) is 0 Å². The number of carbonyl (C=O) groups excluding carboxylic acids is 2. The normalized spacial score (nSPS) is 19.2. The summed E-state index contributed by atoms with van der Waals surface area (Å²) in [5.41, 5.74) is 2.78. The number of aromatic nitrogens is 3. The van der Waals surface area contributed by atoms with Crippen LogP contribution in [0.3, 0.4) is 0 Å². The van der Waals surface area contributed by atoms with E-state index in [1.807, 2.05) is 31.2 Å². The van der Waals surface area contributed by atoms with Crippen molar-refractivity contribution in [2.75, 3.05) is 0 Å². The molecule has 7 heteroatoms. The molecule has 1 aromatic heterocycles. The summed E-state index contributed by atoms with van der Waals surface area (Å²) < 4.78 is 1.28. The zero-order chi connectivity index (χ0) is 21.4. The van der Waals surface area contributed by atoms with Crippen LogP contribution in [0.2, 0.25) is 0 Å². The molecule has 4 rings (SSSR count). The first-order chi connectivity index (χ1) is 14.4. The van der Waals surface area contributed by atoms with E-state index < -0.39 is 17.8 Å². The second-order valence-corrected chi connectivity index (χ2v) is 7.88. The van der Waals surface area contributed by atoms with Gasteiger partial charge in [-0.25, -0.2) is 4.68 Å². The van der Waals surface area contributed by atoms with Crippen LogP contribution in [0.15, 0.2) is 41.2 Å². The van der Waals surface area contributed by atoms with Gasteiger partial charge in [-0.2, -0.15) is 0 Å². The Labute approximate surface area is 173 Å². The third-order valence-corrected chi connectivity index (χ3v) is 5.94. The van der Waals surface area contributed by atoms with Crippen molar-refractivity contribution in [1.82, 2.24) is 15.0 Å². The minimum absolute atomic E-state index is 0.247. The zero-order valence-electron chi connectivity index (χ0n) is 17.0. The van der Waals surface area contributed by atoms with E-state index in [0.717, 1.165) is 11.1 Å². The standard InChI is InChI=1S/C23H23N3O4/c1-13-6-3-4-7-15(13)12-26-23(30)20-14(2)16(10-11-17(20)24-25-26)22(29)21-18(27)8-5-9-19(21)28/h3-4,6-7,10-11,18,21,27H,5,8-9,12H2,1-2H3/t18-,21+/m0/s1. The maximum atomic E-state index is 13.2. The van der Waals surface area contributed by atoms with Crippen molar-refractivity contribution in [2.24, 2.45) is 5.92 Å². The molecule has 0 aliphatic heterocycles. The van der Waals surface area contributed by atoms with Gasteiger partial charge in [0.05, 0.1) is 18.0 Å². The summed E-state index contributed by atoms with van der Waals surface area (Å²) in [6.07, 6.45) is 0.306. The van der Waals surface area contributed by atoms with E-state index in [1.165, 1.54) is 4.68 Å². The first-order valence-corrected chi connectivity index (χ1v) is 10.0. The Balaban J connectivity index is 1.79. The van der Waals surface area contributed by atoms with E-state index in [1.54, 1.807) is 19.1 Å². The number of carbonyl (C=O) groups is 2. The minimum Gasteiger partial charge on any atom is -0.392 e. The number of fused-ring (bicyclic) bond motifs is 1. The summed E-state index contributed by atoms with van der Waals surface area (Å²) in [4.78, 5) is 38.6. The highest BCUT2D eigenvalue weighted by Gasteiger charge is 2.37. The molecule has 1 fully saturated rings. The van der Waals surface area contributed by atoms with Gasteiger partial charge in [-0.3, -0.25) is 14.4 Å². The lowest BCUT2D eigenvalue weighted by Gasteiger charge is -2.25. The number of aliphatic hydroxyl groups excluding tert-OH is 1. The molecule has 1 heterocycles. The van der Waals surface area contributed by atoms with E-state index in [0.29, 0.717) is 29.3 Å². The molecule has 0 saturated heterocycles. The second-order valence-electron chi connectivity index (χ2n) is 7.88. The van der Waals surface area contributed by atoms with E-state index in [9.17, 15) is 19.5 Å². The van der Waals surface area contributed by atoms with Crippen LogP contribution < -0.4 is 5.56 Å². The number of benzene rings is 2. The Morgan fingerprint density at radius 3 is 2.67 bits per heavy atom.